The van der Waals surface area contributed by atoms with Crippen LogP contribution in [0.15, 0.2) is 0 Å². The molecule has 4 nitrogen and oxygen atoms in total. The van der Waals surface area contributed by atoms with Crippen molar-refractivity contribution < 1.29 is 19.4 Å². The van der Waals surface area contributed by atoms with Crippen LogP contribution in [0.25, 0.3) is 0 Å². The molecule has 0 heterocycles. The molecule has 1 N–H and O–H groups in total. The maximum atomic E-state index is 10.9. The maximum Gasteiger partial charge on any atom is 0.305 e. The predicted molar refractivity (Wildman–Crippen MR) is 52.0 cm³/mol. The number of rotatable bonds is 8. The summed E-state index contributed by atoms with van der Waals surface area (Å²) >= 11 is 0. The Morgan fingerprint density at radius 2 is 1.86 bits per heavy atom. The van der Waals surface area contributed by atoms with Gasteiger partial charge in [0.25, 0.3) is 0 Å². The Hall–Kier alpha value is -1.06. The van der Waals surface area contributed by atoms with E-state index in [9.17, 15) is 9.59 Å². The number of unbranched alkanes of at least 4 members (excludes halogenated alkanes) is 2. The van der Waals surface area contributed by atoms with Gasteiger partial charge in [0.2, 0.25) is 0 Å². The number of hydrogen-bond acceptors (Lipinski definition) is 3. The van der Waals surface area contributed by atoms with Crippen LogP contribution in [-0.2, 0) is 14.3 Å². The van der Waals surface area contributed by atoms with E-state index in [4.69, 9.17) is 9.84 Å². The van der Waals surface area contributed by atoms with Crippen LogP contribution in [0.3, 0.4) is 0 Å². The lowest BCUT2D eigenvalue weighted by Gasteiger charge is -2.02. The van der Waals surface area contributed by atoms with E-state index >= 15 is 0 Å². The Labute approximate surface area is 84.3 Å². The summed E-state index contributed by atoms with van der Waals surface area (Å²) in [6.45, 7) is 2.34. The van der Waals surface area contributed by atoms with Crippen molar-refractivity contribution in [1.29, 1.82) is 0 Å². The molecule has 0 aromatic rings. The van der Waals surface area contributed by atoms with Crippen LogP contribution in [0, 0.1) is 0 Å². The molecule has 0 saturated carbocycles. The zero-order valence-corrected chi connectivity index (χ0v) is 8.62. The summed E-state index contributed by atoms with van der Waals surface area (Å²) in [6, 6.07) is 0. The molecule has 0 amide bonds. The molecule has 0 unspecified atom stereocenters. The molecule has 82 valence electrons. The number of carboxylic acids is 1. The molecule has 0 rings (SSSR count). The van der Waals surface area contributed by atoms with Gasteiger partial charge in [0.05, 0.1) is 6.61 Å². The average Bonchev–Trinajstić information content (AvgIpc) is 2.11. The number of hydrogen-bond donors (Lipinski definition) is 1. The second-order valence-electron chi connectivity index (χ2n) is 3.17. The van der Waals surface area contributed by atoms with E-state index in [0.29, 0.717) is 19.4 Å². The second-order valence-corrected chi connectivity index (χ2v) is 3.17. The lowest BCUT2D eigenvalue weighted by Crippen LogP contribution is -2.05. The standard InChI is InChI=1S/C10H18O4/c1-2-6-10(13)14-8-5-3-4-7-9(11)12/h2-8H2,1H3,(H,11,12). The summed E-state index contributed by atoms with van der Waals surface area (Å²) in [4.78, 5) is 21.0. The first-order valence-corrected chi connectivity index (χ1v) is 5.04. The van der Waals surface area contributed by atoms with Gasteiger partial charge in [-0.3, -0.25) is 9.59 Å². The molecule has 0 radical (unpaired) electrons. The molecule has 0 saturated heterocycles. The Morgan fingerprint density at radius 3 is 2.43 bits per heavy atom. The van der Waals surface area contributed by atoms with Crippen molar-refractivity contribution in [2.45, 2.75) is 45.4 Å². The average molecular weight is 202 g/mol. The molecule has 0 aliphatic carbocycles. The second kappa shape index (κ2) is 8.53. The Morgan fingerprint density at radius 1 is 1.14 bits per heavy atom. The third kappa shape index (κ3) is 9.03. The van der Waals surface area contributed by atoms with Crippen LogP contribution in [0.4, 0.5) is 0 Å². The monoisotopic (exact) mass is 202 g/mol. The van der Waals surface area contributed by atoms with E-state index in [2.05, 4.69) is 0 Å². The van der Waals surface area contributed by atoms with Crippen LogP contribution in [0.5, 0.6) is 0 Å². The first kappa shape index (κ1) is 12.9. The highest BCUT2D eigenvalue weighted by Gasteiger charge is 2.00. The molecule has 0 aromatic carbocycles. The molecule has 0 atom stereocenters. The molecule has 0 spiro atoms. The Kier molecular flexibility index (Phi) is 7.89. The van der Waals surface area contributed by atoms with Crippen LogP contribution in [0.2, 0.25) is 0 Å². The normalized spacial score (nSPS) is 9.79. The number of carboxylic acid groups (broad SMARTS) is 1. The van der Waals surface area contributed by atoms with E-state index in [1.54, 1.807) is 0 Å². The lowest BCUT2D eigenvalue weighted by atomic mass is 10.2. The van der Waals surface area contributed by atoms with Crippen LogP contribution < -0.4 is 0 Å². The van der Waals surface area contributed by atoms with Gasteiger partial charge in [-0.25, -0.2) is 0 Å². The zero-order valence-electron chi connectivity index (χ0n) is 8.62. The number of aliphatic carboxylic acids is 1. The molecular weight excluding hydrogens is 184 g/mol. The minimum atomic E-state index is -0.770. The van der Waals surface area contributed by atoms with Gasteiger partial charge in [0.15, 0.2) is 0 Å². The van der Waals surface area contributed by atoms with Gasteiger partial charge in [-0.1, -0.05) is 6.92 Å². The molecule has 0 fully saturated rings. The first-order chi connectivity index (χ1) is 6.66. The highest BCUT2D eigenvalue weighted by atomic mass is 16.5. The highest BCUT2D eigenvalue weighted by molar-refractivity contribution is 5.69. The SMILES string of the molecule is CCCC(=O)OCCCCCC(=O)O. The summed E-state index contributed by atoms with van der Waals surface area (Å²) in [5, 5.41) is 8.34. The minimum Gasteiger partial charge on any atom is -0.481 e. The van der Waals surface area contributed by atoms with Gasteiger partial charge in [-0.2, -0.15) is 0 Å². The van der Waals surface area contributed by atoms with Crippen LogP contribution in [-0.4, -0.2) is 23.7 Å². The number of carbonyl (C=O) groups is 2. The first-order valence-electron chi connectivity index (χ1n) is 5.04. The topological polar surface area (TPSA) is 63.6 Å². The summed E-state index contributed by atoms with van der Waals surface area (Å²) in [6.07, 6.45) is 3.67. The number of carbonyl (C=O) groups excluding carboxylic acids is 1. The van der Waals surface area contributed by atoms with E-state index in [-0.39, 0.29) is 12.4 Å². The number of esters is 1. The van der Waals surface area contributed by atoms with Crippen molar-refractivity contribution >= 4 is 11.9 Å². The molecule has 14 heavy (non-hydrogen) atoms. The Bertz CT molecular complexity index is 177. The van der Waals surface area contributed by atoms with Crippen molar-refractivity contribution in [3.63, 3.8) is 0 Å². The van der Waals surface area contributed by atoms with Crippen molar-refractivity contribution in [1.82, 2.24) is 0 Å². The zero-order chi connectivity index (χ0) is 10.8. The summed E-state index contributed by atoms with van der Waals surface area (Å²) in [5.41, 5.74) is 0. The lowest BCUT2D eigenvalue weighted by molar-refractivity contribution is -0.144. The van der Waals surface area contributed by atoms with Crippen molar-refractivity contribution in [3.05, 3.63) is 0 Å². The fraction of sp³-hybridized carbons (Fsp3) is 0.800. The van der Waals surface area contributed by atoms with Crippen molar-refractivity contribution in [3.8, 4) is 0 Å². The van der Waals surface area contributed by atoms with Gasteiger partial charge in [0, 0.05) is 12.8 Å². The fourth-order valence-electron chi connectivity index (χ4n) is 1.02. The molecule has 4 heteroatoms. The Balaban J connectivity index is 3.13. The molecule has 0 aromatic heterocycles. The van der Waals surface area contributed by atoms with Gasteiger partial charge in [-0.15, -0.1) is 0 Å². The quantitative estimate of drug-likeness (QED) is 0.483. The molecular formula is C10H18O4. The smallest absolute Gasteiger partial charge is 0.305 e. The summed E-state index contributed by atoms with van der Waals surface area (Å²) < 4.78 is 4.90. The van der Waals surface area contributed by atoms with Crippen molar-refractivity contribution in [2.24, 2.45) is 0 Å². The fourth-order valence-corrected chi connectivity index (χ4v) is 1.02. The molecule has 0 aliphatic rings. The van der Waals surface area contributed by atoms with Gasteiger partial charge in [0.1, 0.15) is 0 Å². The third-order valence-electron chi connectivity index (χ3n) is 1.75. The van der Waals surface area contributed by atoms with Gasteiger partial charge < -0.3 is 9.84 Å². The van der Waals surface area contributed by atoms with Gasteiger partial charge >= 0.3 is 11.9 Å². The maximum absolute atomic E-state index is 10.9. The largest absolute Gasteiger partial charge is 0.481 e. The summed E-state index contributed by atoms with van der Waals surface area (Å²) in [7, 11) is 0. The van der Waals surface area contributed by atoms with Crippen molar-refractivity contribution in [2.75, 3.05) is 6.61 Å². The minimum absolute atomic E-state index is 0.161. The number of ether oxygens (including phenoxy) is 1. The van der Waals surface area contributed by atoms with E-state index in [0.717, 1.165) is 19.3 Å². The summed E-state index contributed by atoms with van der Waals surface area (Å²) in [5.74, 6) is -0.932. The van der Waals surface area contributed by atoms with Gasteiger partial charge in [-0.05, 0) is 25.7 Å². The van der Waals surface area contributed by atoms with E-state index in [1.165, 1.54) is 0 Å². The molecule has 0 bridgehead atoms. The molecule has 0 aliphatic heterocycles. The van der Waals surface area contributed by atoms with Crippen LogP contribution in [0.1, 0.15) is 45.4 Å². The predicted octanol–water partition coefficient (Wildman–Crippen LogP) is 1.97. The van der Waals surface area contributed by atoms with E-state index in [1.807, 2.05) is 6.92 Å². The van der Waals surface area contributed by atoms with Crippen LogP contribution >= 0.6 is 0 Å². The third-order valence-corrected chi connectivity index (χ3v) is 1.75. The van der Waals surface area contributed by atoms with E-state index < -0.39 is 5.97 Å². The highest BCUT2D eigenvalue weighted by Crippen LogP contribution is 2.01.